The highest BCUT2D eigenvalue weighted by atomic mass is 32.2. The summed E-state index contributed by atoms with van der Waals surface area (Å²) >= 11 is 1.85. The quantitative estimate of drug-likeness (QED) is 0.912. The van der Waals surface area contributed by atoms with Crippen molar-refractivity contribution in [2.45, 2.75) is 17.4 Å². The lowest BCUT2D eigenvalue weighted by Gasteiger charge is -2.25. The Balaban J connectivity index is 1.80. The van der Waals surface area contributed by atoms with E-state index in [2.05, 4.69) is 22.4 Å². The highest BCUT2D eigenvalue weighted by Gasteiger charge is 2.22. The molecular formula is C15H14N2OS. The van der Waals surface area contributed by atoms with Gasteiger partial charge in [-0.3, -0.25) is 9.78 Å². The summed E-state index contributed by atoms with van der Waals surface area (Å²) in [6.45, 7) is 0. The number of carbonyl (C=O) groups is 1. The number of pyridine rings is 1. The lowest BCUT2D eigenvalue weighted by atomic mass is 10.0. The number of aromatic nitrogens is 1. The van der Waals surface area contributed by atoms with Gasteiger partial charge in [0, 0.05) is 23.0 Å². The molecule has 1 N–H and O–H groups in total. The lowest BCUT2D eigenvalue weighted by Crippen LogP contribution is -2.30. The van der Waals surface area contributed by atoms with Gasteiger partial charge in [0.25, 0.3) is 5.91 Å². The number of hydrogen-bond acceptors (Lipinski definition) is 3. The van der Waals surface area contributed by atoms with Crippen molar-refractivity contribution in [2.75, 3.05) is 5.75 Å². The zero-order chi connectivity index (χ0) is 13.1. The fraction of sp³-hybridized carbons (Fsp3) is 0.200. The highest BCUT2D eigenvalue weighted by molar-refractivity contribution is 7.99. The second-order valence-electron chi connectivity index (χ2n) is 4.44. The van der Waals surface area contributed by atoms with Crippen LogP contribution >= 0.6 is 11.8 Å². The fourth-order valence-corrected chi connectivity index (χ4v) is 3.36. The Morgan fingerprint density at radius 3 is 3.00 bits per heavy atom. The smallest absolute Gasteiger partial charge is 0.253 e. The van der Waals surface area contributed by atoms with Crippen LogP contribution in [0.4, 0.5) is 0 Å². The van der Waals surface area contributed by atoms with Crippen LogP contribution < -0.4 is 5.32 Å². The Morgan fingerprint density at radius 1 is 1.26 bits per heavy atom. The molecular weight excluding hydrogens is 256 g/mol. The van der Waals surface area contributed by atoms with Crippen molar-refractivity contribution in [3.05, 3.63) is 59.9 Å². The molecule has 2 heterocycles. The van der Waals surface area contributed by atoms with Gasteiger partial charge in [0.15, 0.2) is 0 Å². The second kappa shape index (κ2) is 5.45. The van der Waals surface area contributed by atoms with Crippen molar-refractivity contribution in [1.29, 1.82) is 0 Å². The maximum atomic E-state index is 12.2. The molecule has 0 saturated carbocycles. The number of hydrogen-bond donors (Lipinski definition) is 1. The van der Waals surface area contributed by atoms with Gasteiger partial charge in [-0.25, -0.2) is 0 Å². The van der Waals surface area contributed by atoms with E-state index in [0.29, 0.717) is 5.56 Å². The van der Waals surface area contributed by atoms with E-state index in [1.165, 1.54) is 10.5 Å². The minimum atomic E-state index is -0.0557. The fourth-order valence-electron chi connectivity index (χ4n) is 2.23. The minimum Gasteiger partial charge on any atom is -0.345 e. The van der Waals surface area contributed by atoms with E-state index in [4.69, 9.17) is 0 Å². The van der Waals surface area contributed by atoms with Crippen molar-refractivity contribution in [2.24, 2.45) is 0 Å². The van der Waals surface area contributed by atoms with Crippen LogP contribution in [0.25, 0.3) is 0 Å². The van der Waals surface area contributed by atoms with Crippen LogP contribution in [-0.2, 0) is 0 Å². The molecule has 96 valence electrons. The molecule has 1 aliphatic rings. The zero-order valence-corrected chi connectivity index (χ0v) is 11.2. The SMILES string of the molecule is O=C(NC1CCSc2ccccc21)c1cccnc1. The first-order valence-electron chi connectivity index (χ1n) is 6.27. The molecule has 0 saturated heterocycles. The molecule has 0 bridgehead atoms. The third-order valence-electron chi connectivity index (χ3n) is 3.19. The topological polar surface area (TPSA) is 42.0 Å². The normalized spacial score (nSPS) is 17.6. The second-order valence-corrected chi connectivity index (χ2v) is 5.58. The number of benzene rings is 1. The van der Waals surface area contributed by atoms with E-state index in [1.54, 1.807) is 24.5 Å². The average Bonchev–Trinajstić information content (AvgIpc) is 2.48. The predicted molar refractivity (Wildman–Crippen MR) is 76.2 cm³/mol. The molecule has 4 heteroatoms. The van der Waals surface area contributed by atoms with Gasteiger partial charge in [-0.1, -0.05) is 18.2 Å². The molecule has 0 aliphatic carbocycles. The van der Waals surface area contributed by atoms with Gasteiger partial charge in [-0.15, -0.1) is 11.8 Å². The monoisotopic (exact) mass is 270 g/mol. The van der Waals surface area contributed by atoms with Crippen LogP contribution in [0.2, 0.25) is 0 Å². The zero-order valence-electron chi connectivity index (χ0n) is 10.4. The number of rotatable bonds is 2. The molecule has 0 fully saturated rings. The molecule has 1 unspecified atom stereocenters. The summed E-state index contributed by atoms with van der Waals surface area (Å²) < 4.78 is 0. The molecule has 19 heavy (non-hydrogen) atoms. The third-order valence-corrected chi connectivity index (χ3v) is 4.31. The van der Waals surface area contributed by atoms with Crippen molar-refractivity contribution in [1.82, 2.24) is 10.3 Å². The Labute approximate surface area is 116 Å². The van der Waals surface area contributed by atoms with E-state index < -0.39 is 0 Å². The van der Waals surface area contributed by atoms with Gasteiger partial charge in [0.2, 0.25) is 0 Å². The van der Waals surface area contributed by atoms with E-state index >= 15 is 0 Å². The molecule has 1 aromatic carbocycles. The van der Waals surface area contributed by atoms with Crippen LogP contribution in [0.5, 0.6) is 0 Å². The van der Waals surface area contributed by atoms with Gasteiger partial charge in [0.1, 0.15) is 0 Å². The molecule has 1 atom stereocenters. The number of fused-ring (bicyclic) bond motifs is 1. The minimum absolute atomic E-state index is 0.0557. The standard InChI is InChI=1S/C15H14N2OS/c18-15(11-4-3-8-16-10-11)17-13-7-9-19-14-6-2-1-5-12(13)14/h1-6,8,10,13H,7,9H2,(H,17,18). The number of nitrogens with one attached hydrogen (secondary N) is 1. The largest absolute Gasteiger partial charge is 0.345 e. The molecule has 0 spiro atoms. The molecule has 1 amide bonds. The summed E-state index contributed by atoms with van der Waals surface area (Å²) in [4.78, 5) is 17.4. The van der Waals surface area contributed by atoms with Crippen LogP contribution in [0.1, 0.15) is 28.4 Å². The van der Waals surface area contributed by atoms with Gasteiger partial charge in [0.05, 0.1) is 11.6 Å². The van der Waals surface area contributed by atoms with Crippen molar-refractivity contribution in [3.63, 3.8) is 0 Å². The summed E-state index contributed by atoms with van der Waals surface area (Å²) in [7, 11) is 0. The van der Waals surface area contributed by atoms with Gasteiger partial charge < -0.3 is 5.32 Å². The van der Waals surface area contributed by atoms with Crippen molar-refractivity contribution >= 4 is 17.7 Å². The van der Waals surface area contributed by atoms with E-state index in [-0.39, 0.29) is 11.9 Å². The van der Waals surface area contributed by atoms with E-state index in [0.717, 1.165) is 12.2 Å². The lowest BCUT2D eigenvalue weighted by molar-refractivity contribution is 0.0934. The Kier molecular flexibility index (Phi) is 3.51. The highest BCUT2D eigenvalue weighted by Crippen LogP contribution is 2.35. The van der Waals surface area contributed by atoms with E-state index in [9.17, 15) is 4.79 Å². The first-order valence-corrected chi connectivity index (χ1v) is 7.26. The first-order chi connectivity index (χ1) is 9.34. The van der Waals surface area contributed by atoms with Crippen LogP contribution in [-0.4, -0.2) is 16.6 Å². The van der Waals surface area contributed by atoms with Gasteiger partial charge in [-0.2, -0.15) is 0 Å². The van der Waals surface area contributed by atoms with E-state index in [1.807, 2.05) is 23.9 Å². The van der Waals surface area contributed by atoms with Crippen LogP contribution in [0.3, 0.4) is 0 Å². The third kappa shape index (κ3) is 2.63. The maximum absolute atomic E-state index is 12.2. The summed E-state index contributed by atoms with van der Waals surface area (Å²) in [6.07, 6.45) is 4.23. The molecule has 2 aromatic rings. The van der Waals surface area contributed by atoms with Crippen LogP contribution in [0.15, 0.2) is 53.7 Å². The Hall–Kier alpha value is -1.81. The summed E-state index contributed by atoms with van der Waals surface area (Å²) in [5.74, 6) is 0.981. The number of amides is 1. The van der Waals surface area contributed by atoms with Gasteiger partial charge in [-0.05, 0) is 30.2 Å². The molecule has 1 aromatic heterocycles. The summed E-state index contributed by atoms with van der Waals surface area (Å²) in [6, 6.07) is 11.9. The Morgan fingerprint density at radius 2 is 2.16 bits per heavy atom. The number of thioether (sulfide) groups is 1. The summed E-state index contributed by atoms with van der Waals surface area (Å²) in [5.41, 5.74) is 1.83. The molecule has 0 radical (unpaired) electrons. The van der Waals surface area contributed by atoms with Gasteiger partial charge >= 0.3 is 0 Å². The maximum Gasteiger partial charge on any atom is 0.253 e. The molecule has 3 nitrogen and oxygen atoms in total. The average molecular weight is 270 g/mol. The number of carbonyl (C=O) groups excluding carboxylic acids is 1. The summed E-state index contributed by atoms with van der Waals surface area (Å²) in [5, 5.41) is 3.10. The van der Waals surface area contributed by atoms with Crippen molar-refractivity contribution in [3.8, 4) is 0 Å². The first kappa shape index (κ1) is 12.2. The molecule has 1 aliphatic heterocycles. The predicted octanol–water partition coefficient (Wildman–Crippen LogP) is 3.05. The van der Waals surface area contributed by atoms with Crippen molar-refractivity contribution < 1.29 is 4.79 Å². The Bertz CT molecular complexity index is 586. The molecule has 3 rings (SSSR count). The van der Waals surface area contributed by atoms with Crippen LogP contribution in [0, 0.1) is 0 Å². The number of nitrogens with zero attached hydrogens (tertiary/aromatic N) is 1.